The number of carbonyl (C=O) groups excluding carboxylic acids is 1. The molecule has 0 unspecified atom stereocenters. The van der Waals surface area contributed by atoms with Crippen LogP contribution < -0.4 is 0 Å². The number of ether oxygens (including phenoxy) is 2. The zero-order valence-corrected chi connectivity index (χ0v) is 15.3. The second kappa shape index (κ2) is 8.25. The fourth-order valence-electron chi connectivity index (χ4n) is 3.80. The Morgan fingerprint density at radius 2 is 2.40 bits per heavy atom. The van der Waals surface area contributed by atoms with Crippen LogP contribution in [0.15, 0.2) is 24.5 Å². The molecule has 1 amide bonds. The Bertz CT molecular complexity index is 568. The Hall–Kier alpha value is -1.50. The summed E-state index contributed by atoms with van der Waals surface area (Å²) in [6, 6.07) is 4.06. The van der Waals surface area contributed by atoms with Gasteiger partial charge in [-0.3, -0.25) is 14.7 Å². The van der Waals surface area contributed by atoms with Gasteiger partial charge in [-0.1, -0.05) is 13.0 Å². The van der Waals surface area contributed by atoms with Crippen LogP contribution in [0.5, 0.6) is 0 Å². The predicted molar refractivity (Wildman–Crippen MR) is 95.1 cm³/mol. The van der Waals surface area contributed by atoms with Gasteiger partial charge in [0.2, 0.25) is 5.91 Å². The van der Waals surface area contributed by atoms with Gasteiger partial charge in [-0.25, -0.2) is 0 Å². The first kappa shape index (κ1) is 18.3. The summed E-state index contributed by atoms with van der Waals surface area (Å²) in [6.45, 7) is 6.15. The lowest BCUT2D eigenvalue weighted by atomic mass is 10.00. The van der Waals surface area contributed by atoms with E-state index in [0.29, 0.717) is 32.7 Å². The van der Waals surface area contributed by atoms with Gasteiger partial charge in [-0.05, 0) is 31.5 Å². The van der Waals surface area contributed by atoms with Crippen LogP contribution >= 0.6 is 0 Å². The monoisotopic (exact) mass is 347 g/mol. The smallest absolute Gasteiger partial charge is 0.222 e. The van der Waals surface area contributed by atoms with E-state index < -0.39 is 0 Å². The van der Waals surface area contributed by atoms with Crippen molar-refractivity contribution in [3.63, 3.8) is 0 Å². The number of aromatic nitrogens is 1. The summed E-state index contributed by atoms with van der Waals surface area (Å²) in [4.78, 5) is 20.5. The highest BCUT2D eigenvalue weighted by atomic mass is 16.6. The molecule has 2 fully saturated rings. The molecule has 0 aromatic carbocycles. The second-order valence-corrected chi connectivity index (χ2v) is 7.24. The van der Waals surface area contributed by atoms with Crippen LogP contribution in [0.3, 0.4) is 0 Å². The van der Waals surface area contributed by atoms with E-state index in [2.05, 4.69) is 23.0 Å². The van der Waals surface area contributed by atoms with Crippen molar-refractivity contribution in [3.8, 4) is 0 Å². The second-order valence-electron chi connectivity index (χ2n) is 7.24. The molecular weight excluding hydrogens is 318 g/mol. The fraction of sp³-hybridized carbons (Fsp3) is 0.684. The summed E-state index contributed by atoms with van der Waals surface area (Å²) < 4.78 is 12.2. The van der Waals surface area contributed by atoms with Gasteiger partial charge in [-0.2, -0.15) is 0 Å². The van der Waals surface area contributed by atoms with Gasteiger partial charge >= 0.3 is 0 Å². The van der Waals surface area contributed by atoms with Crippen molar-refractivity contribution < 1.29 is 14.3 Å². The van der Waals surface area contributed by atoms with Crippen molar-refractivity contribution in [2.24, 2.45) is 0 Å². The first-order chi connectivity index (χ1) is 12.1. The molecular formula is C19H29N3O3. The molecule has 138 valence electrons. The summed E-state index contributed by atoms with van der Waals surface area (Å²) in [6.07, 6.45) is 6.37. The van der Waals surface area contributed by atoms with Crippen molar-refractivity contribution in [2.75, 3.05) is 39.9 Å². The molecule has 3 rings (SSSR count). The van der Waals surface area contributed by atoms with E-state index in [1.54, 1.807) is 6.20 Å². The zero-order valence-electron chi connectivity index (χ0n) is 15.3. The minimum Gasteiger partial charge on any atom is -0.377 e. The number of carbonyl (C=O) groups is 1. The van der Waals surface area contributed by atoms with Gasteiger partial charge in [0.1, 0.15) is 5.60 Å². The van der Waals surface area contributed by atoms with E-state index in [1.165, 1.54) is 5.56 Å². The van der Waals surface area contributed by atoms with E-state index in [4.69, 9.17) is 9.47 Å². The summed E-state index contributed by atoms with van der Waals surface area (Å²) in [5, 5.41) is 0. The average Bonchev–Trinajstić information content (AvgIpc) is 2.87. The van der Waals surface area contributed by atoms with Crippen LogP contribution in [0.2, 0.25) is 0 Å². The van der Waals surface area contributed by atoms with Crippen molar-refractivity contribution in [3.05, 3.63) is 30.1 Å². The largest absolute Gasteiger partial charge is 0.377 e. The van der Waals surface area contributed by atoms with Gasteiger partial charge in [0.05, 0.1) is 25.9 Å². The lowest BCUT2D eigenvalue weighted by molar-refractivity contribution is -0.136. The molecule has 6 nitrogen and oxygen atoms in total. The molecule has 1 spiro atoms. The van der Waals surface area contributed by atoms with Gasteiger partial charge in [0, 0.05) is 38.4 Å². The van der Waals surface area contributed by atoms with Crippen molar-refractivity contribution in [1.29, 1.82) is 0 Å². The quantitative estimate of drug-likeness (QED) is 0.811. The minimum absolute atomic E-state index is 0.182. The third kappa shape index (κ3) is 4.77. The van der Waals surface area contributed by atoms with Gasteiger partial charge < -0.3 is 14.4 Å². The summed E-state index contributed by atoms with van der Waals surface area (Å²) >= 11 is 0. The molecule has 6 heteroatoms. The standard InChI is InChI=1S/C19H29N3O3/c1-3-18(23)22-9-10-24-15-19(14-22)7-6-17(25-19)13-21(2)12-16-5-4-8-20-11-16/h4-5,8,11,17H,3,6-7,9-10,12-15H2,1-2H3/t17-,19-/m0/s1. The number of nitrogens with zero attached hydrogens (tertiary/aromatic N) is 3. The molecule has 2 aliphatic rings. The van der Waals surface area contributed by atoms with Crippen LogP contribution in [0.25, 0.3) is 0 Å². The third-order valence-electron chi connectivity index (χ3n) is 5.03. The van der Waals surface area contributed by atoms with Gasteiger partial charge in [-0.15, -0.1) is 0 Å². The summed E-state index contributed by atoms with van der Waals surface area (Å²) in [7, 11) is 2.11. The van der Waals surface area contributed by atoms with Crippen LogP contribution in [-0.2, 0) is 20.8 Å². The fourth-order valence-corrected chi connectivity index (χ4v) is 3.80. The SMILES string of the molecule is CCC(=O)N1CCOC[C@]2(CC[C@@H](CN(C)Cc3cccnc3)O2)C1. The summed E-state index contributed by atoms with van der Waals surface area (Å²) in [5.74, 6) is 0.186. The number of amides is 1. The Balaban J connectivity index is 1.55. The predicted octanol–water partition coefficient (Wildman–Crippen LogP) is 1.70. The Kier molecular flexibility index (Phi) is 6.04. The summed E-state index contributed by atoms with van der Waals surface area (Å²) in [5.41, 5.74) is 0.872. The highest BCUT2D eigenvalue weighted by molar-refractivity contribution is 5.75. The molecule has 2 saturated heterocycles. The van der Waals surface area contributed by atoms with Gasteiger partial charge in [0.25, 0.3) is 0 Å². The zero-order chi connectivity index (χ0) is 17.7. The van der Waals surface area contributed by atoms with Crippen molar-refractivity contribution in [1.82, 2.24) is 14.8 Å². The first-order valence-electron chi connectivity index (χ1n) is 9.21. The lowest BCUT2D eigenvalue weighted by Crippen LogP contribution is -2.47. The number of rotatable bonds is 5. The number of likely N-dealkylation sites (N-methyl/N-ethyl adjacent to an activating group) is 1. The van der Waals surface area contributed by atoms with Gasteiger partial charge in [0.15, 0.2) is 0 Å². The molecule has 0 radical (unpaired) electrons. The molecule has 1 aromatic rings. The molecule has 25 heavy (non-hydrogen) atoms. The molecule has 0 N–H and O–H groups in total. The number of hydrogen-bond donors (Lipinski definition) is 0. The molecule has 0 aliphatic carbocycles. The van der Waals surface area contributed by atoms with E-state index >= 15 is 0 Å². The molecule has 2 aliphatic heterocycles. The average molecular weight is 347 g/mol. The highest BCUT2D eigenvalue weighted by Gasteiger charge is 2.43. The highest BCUT2D eigenvalue weighted by Crippen LogP contribution is 2.33. The molecule has 2 atom stereocenters. The lowest BCUT2D eigenvalue weighted by Gasteiger charge is -2.32. The van der Waals surface area contributed by atoms with Crippen LogP contribution in [0.4, 0.5) is 0 Å². The Morgan fingerprint density at radius 3 is 3.16 bits per heavy atom. The Labute approximate surface area is 150 Å². The maximum atomic E-state index is 12.1. The Morgan fingerprint density at radius 1 is 1.52 bits per heavy atom. The maximum absolute atomic E-state index is 12.1. The third-order valence-corrected chi connectivity index (χ3v) is 5.03. The van der Waals surface area contributed by atoms with E-state index in [1.807, 2.05) is 24.1 Å². The normalized spacial score (nSPS) is 27.0. The first-order valence-corrected chi connectivity index (χ1v) is 9.21. The van der Waals surface area contributed by atoms with E-state index in [9.17, 15) is 4.79 Å². The number of pyridine rings is 1. The van der Waals surface area contributed by atoms with E-state index in [0.717, 1.165) is 25.9 Å². The number of hydrogen-bond acceptors (Lipinski definition) is 5. The van der Waals surface area contributed by atoms with Crippen LogP contribution in [-0.4, -0.2) is 72.3 Å². The minimum atomic E-state index is -0.332. The van der Waals surface area contributed by atoms with Crippen LogP contribution in [0, 0.1) is 0 Å². The molecule has 0 saturated carbocycles. The van der Waals surface area contributed by atoms with Crippen molar-refractivity contribution >= 4 is 5.91 Å². The molecule has 3 heterocycles. The maximum Gasteiger partial charge on any atom is 0.222 e. The topological polar surface area (TPSA) is 54.9 Å². The van der Waals surface area contributed by atoms with Crippen LogP contribution in [0.1, 0.15) is 31.7 Å². The van der Waals surface area contributed by atoms with Crippen molar-refractivity contribution in [2.45, 2.75) is 44.4 Å². The van der Waals surface area contributed by atoms with E-state index in [-0.39, 0.29) is 17.6 Å². The molecule has 1 aromatic heterocycles. The molecule has 0 bridgehead atoms.